The number of nitrogens with zero attached hydrogens (tertiary/aromatic N) is 6. The van der Waals surface area contributed by atoms with E-state index in [9.17, 15) is 23.1 Å². The maximum atomic E-state index is 12.8. The number of aliphatic hydroxyl groups is 1. The molecule has 5 rings (SSSR count). The molecular weight excluding hydrogens is 493 g/mol. The zero-order chi connectivity index (χ0) is 26.2. The van der Waals surface area contributed by atoms with Gasteiger partial charge in [-0.3, -0.25) is 9.48 Å². The lowest BCUT2D eigenvalue weighted by atomic mass is 10.1. The van der Waals surface area contributed by atoms with Crippen LogP contribution in [0.3, 0.4) is 0 Å². The number of carbonyl (C=O) groups is 1. The molecule has 1 amide bonds. The number of hydrogen-bond donors (Lipinski definition) is 1. The minimum atomic E-state index is -4.49. The van der Waals surface area contributed by atoms with Gasteiger partial charge in [-0.15, -0.1) is 0 Å². The third kappa shape index (κ3) is 5.16. The molecule has 1 saturated heterocycles. The number of rotatable bonds is 6. The Kier molecular flexibility index (Phi) is 6.38. The molecule has 10 nitrogen and oxygen atoms in total. The van der Waals surface area contributed by atoms with Gasteiger partial charge in [0.15, 0.2) is 0 Å². The summed E-state index contributed by atoms with van der Waals surface area (Å²) >= 11 is 0. The van der Waals surface area contributed by atoms with Crippen molar-refractivity contribution in [2.75, 3.05) is 13.1 Å². The van der Waals surface area contributed by atoms with Crippen LogP contribution in [0.15, 0.2) is 53.3 Å². The number of aromatic nitrogens is 5. The van der Waals surface area contributed by atoms with Crippen molar-refractivity contribution < 1.29 is 32.3 Å². The molecule has 0 aliphatic carbocycles. The van der Waals surface area contributed by atoms with E-state index in [1.165, 1.54) is 10.9 Å². The lowest BCUT2D eigenvalue weighted by molar-refractivity contribution is -0.137. The molecule has 13 heteroatoms. The molecule has 0 saturated carbocycles. The van der Waals surface area contributed by atoms with E-state index in [4.69, 9.17) is 9.26 Å². The number of hydrogen-bond acceptors (Lipinski definition) is 8. The first-order valence-corrected chi connectivity index (χ1v) is 11.3. The van der Waals surface area contributed by atoms with E-state index >= 15 is 0 Å². The maximum absolute atomic E-state index is 12.8. The van der Waals surface area contributed by atoms with Gasteiger partial charge in [0, 0.05) is 43.5 Å². The van der Waals surface area contributed by atoms with Crippen LogP contribution in [0.1, 0.15) is 28.0 Å². The fourth-order valence-corrected chi connectivity index (χ4v) is 3.94. The second-order valence-electron chi connectivity index (χ2n) is 8.50. The van der Waals surface area contributed by atoms with E-state index in [0.29, 0.717) is 48.1 Å². The summed E-state index contributed by atoms with van der Waals surface area (Å²) in [6.07, 6.45) is -2.24. The first-order chi connectivity index (χ1) is 17.7. The van der Waals surface area contributed by atoms with E-state index in [1.807, 2.05) is 0 Å². The fourth-order valence-electron chi connectivity index (χ4n) is 3.94. The van der Waals surface area contributed by atoms with E-state index in [0.717, 1.165) is 12.1 Å². The Morgan fingerprint density at radius 2 is 2.08 bits per heavy atom. The van der Waals surface area contributed by atoms with Crippen molar-refractivity contribution in [1.29, 1.82) is 0 Å². The van der Waals surface area contributed by atoms with Gasteiger partial charge in [0.2, 0.25) is 11.7 Å². The zero-order valence-corrected chi connectivity index (χ0v) is 19.5. The van der Waals surface area contributed by atoms with E-state index < -0.39 is 17.8 Å². The Labute approximate surface area is 208 Å². The number of carbonyl (C=O) groups excluding carboxylic acids is 1. The van der Waals surface area contributed by atoms with Crippen molar-refractivity contribution in [2.24, 2.45) is 7.05 Å². The largest absolute Gasteiger partial charge is 0.471 e. The number of amides is 1. The summed E-state index contributed by atoms with van der Waals surface area (Å²) in [5.41, 5.74) is 1.15. The number of alkyl halides is 3. The number of aryl methyl sites for hydroxylation is 1. The van der Waals surface area contributed by atoms with E-state index in [1.54, 1.807) is 36.2 Å². The third-order valence-electron chi connectivity index (χ3n) is 5.96. The average Bonchev–Trinajstić information content (AvgIpc) is 3.62. The predicted octanol–water partition coefficient (Wildman–Crippen LogP) is 3.34. The molecule has 1 aliphatic rings. The summed E-state index contributed by atoms with van der Waals surface area (Å²) in [4.78, 5) is 22.5. The van der Waals surface area contributed by atoms with Crippen molar-refractivity contribution in [3.8, 4) is 28.7 Å². The highest BCUT2D eigenvalue weighted by Gasteiger charge is 2.31. The molecule has 0 radical (unpaired) electrons. The van der Waals surface area contributed by atoms with Crippen LogP contribution >= 0.6 is 0 Å². The first kappa shape index (κ1) is 24.4. The topological polar surface area (TPSA) is 119 Å². The van der Waals surface area contributed by atoms with Crippen molar-refractivity contribution >= 4 is 5.91 Å². The number of pyridine rings is 1. The Morgan fingerprint density at radius 1 is 1.24 bits per heavy atom. The number of aliphatic hydroxyl groups excluding tert-OH is 1. The molecule has 4 aromatic rings. The molecule has 1 N–H and O–H groups in total. The fraction of sp³-hybridized carbons (Fsp3) is 0.292. The van der Waals surface area contributed by atoms with Gasteiger partial charge in [0.25, 0.3) is 11.8 Å². The molecule has 0 unspecified atom stereocenters. The zero-order valence-electron chi connectivity index (χ0n) is 19.5. The van der Waals surface area contributed by atoms with Crippen LogP contribution in [0.25, 0.3) is 22.8 Å². The molecule has 0 spiro atoms. The van der Waals surface area contributed by atoms with Crippen LogP contribution in [0.2, 0.25) is 0 Å². The second kappa shape index (κ2) is 9.65. The van der Waals surface area contributed by atoms with Crippen LogP contribution in [-0.4, -0.2) is 60.0 Å². The predicted molar refractivity (Wildman–Crippen MR) is 122 cm³/mol. The normalized spacial score (nSPS) is 15.8. The summed E-state index contributed by atoms with van der Waals surface area (Å²) in [6.45, 7) is 0.723. The maximum Gasteiger partial charge on any atom is 0.417 e. The molecule has 1 aliphatic heterocycles. The minimum Gasteiger partial charge on any atom is -0.471 e. The van der Waals surface area contributed by atoms with Crippen LogP contribution in [0.5, 0.6) is 5.88 Å². The van der Waals surface area contributed by atoms with Crippen LogP contribution in [0.4, 0.5) is 13.2 Å². The summed E-state index contributed by atoms with van der Waals surface area (Å²) < 4.78 is 50.8. The van der Waals surface area contributed by atoms with Gasteiger partial charge in [0.1, 0.15) is 6.61 Å². The number of ether oxygens (including phenoxy) is 1. The highest BCUT2D eigenvalue weighted by molar-refractivity contribution is 5.95. The Morgan fingerprint density at radius 3 is 2.78 bits per heavy atom. The molecule has 3 aromatic heterocycles. The summed E-state index contributed by atoms with van der Waals surface area (Å²) in [5.74, 6) is 0.233. The second-order valence-corrected chi connectivity index (χ2v) is 8.50. The number of benzene rings is 1. The lowest BCUT2D eigenvalue weighted by Gasteiger charge is -2.15. The molecule has 4 heterocycles. The van der Waals surface area contributed by atoms with Gasteiger partial charge in [-0.05, 0) is 24.6 Å². The molecule has 1 aromatic carbocycles. The Balaban J connectivity index is 1.33. The van der Waals surface area contributed by atoms with Crippen molar-refractivity contribution in [3.63, 3.8) is 0 Å². The van der Waals surface area contributed by atoms with Gasteiger partial charge in [-0.25, -0.2) is 4.98 Å². The minimum absolute atomic E-state index is 0.0124. The van der Waals surface area contributed by atoms with Gasteiger partial charge in [0.05, 0.1) is 29.1 Å². The van der Waals surface area contributed by atoms with E-state index in [-0.39, 0.29) is 30.1 Å². The Bertz CT molecular complexity index is 1420. The van der Waals surface area contributed by atoms with Crippen molar-refractivity contribution in [1.82, 2.24) is 29.8 Å². The monoisotopic (exact) mass is 514 g/mol. The summed E-state index contributed by atoms with van der Waals surface area (Å²) in [5, 5.41) is 17.9. The molecular formula is C24H21F3N6O4. The number of halogens is 3. The summed E-state index contributed by atoms with van der Waals surface area (Å²) in [6, 6.07) is 8.83. The summed E-state index contributed by atoms with van der Waals surface area (Å²) in [7, 11) is 1.67. The number of β-amino-alcohol motifs (C(OH)–C–C–N with tert-alkyl or cyclic N) is 1. The van der Waals surface area contributed by atoms with Crippen LogP contribution < -0.4 is 4.74 Å². The van der Waals surface area contributed by atoms with Crippen LogP contribution in [0, 0.1) is 0 Å². The molecule has 0 bridgehead atoms. The highest BCUT2D eigenvalue weighted by atomic mass is 19.4. The quantitative estimate of drug-likeness (QED) is 0.416. The first-order valence-electron chi connectivity index (χ1n) is 11.3. The van der Waals surface area contributed by atoms with Crippen molar-refractivity contribution in [3.05, 3.63) is 65.6 Å². The van der Waals surface area contributed by atoms with E-state index in [2.05, 4.69) is 20.2 Å². The van der Waals surface area contributed by atoms with Crippen molar-refractivity contribution in [2.45, 2.75) is 25.3 Å². The molecule has 1 fully saturated rings. The van der Waals surface area contributed by atoms with Gasteiger partial charge >= 0.3 is 6.18 Å². The van der Waals surface area contributed by atoms with Crippen LogP contribution in [-0.2, 0) is 19.8 Å². The lowest BCUT2D eigenvalue weighted by Crippen LogP contribution is -2.29. The SMILES string of the molecule is Cn1ncc(-c2nc(-c3cccc(C(=O)N4CC[C@H](O)C4)c3)no2)c1COc1ccc(C(F)(F)F)cn1. The Hall–Kier alpha value is -4.26. The standard InChI is InChI=1S/C24H21F3N6O4/c1-32-19(13-36-20-6-5-16(10-28-20)24(25,26)27)18(11-29-32)22-30-21(31-37-22)14-3-2-4-15(9-14)23(35)33-8-7-17(34)12-33/h2-6,9-11,17,34H,7-8,12-13H2,1H3/t17-/m0/s1. The smallest absolute Gasteiger partial charge is 0.417 e. The van der Waals surface area contributed by atoms with Gasteiger partial charge < -0.3 is 19.3 Å². The molecule has 1 atom stereocenters. The number of likely N-dealkylation sites (tertiary alicyclic amines) is 1. The average molecular weight is 514 g/mol. The van der Waals surface area contributed by atoms with Gasteiger partial charge in [-0.1, -0.05) is 17.3 Å². The molecule has 192 valence electrons. The molecule has 37 heavy (non-hydrogen) atoms. The van der Waals surface area contributed by atoms with Gasteiger partial charge in [-0.2, -0.15) is 23.3 Å². The highest BCUT2D eigenvalue weighted by Crippen LogP contribution is 2.30. The third-order valence-corrected chi connectivity index (χ3v) is 5.96.